The van der Waals surface area contributed by atoms with Crippen LogP contribution in [0, 0.1) is 27.7 Å². The van der Waals surface area contributed by atoms with Crippen molar-refractivity contribution in [1.82, 2.24) is 18.3 Å². The summed E-state index contributed by atoms with van der Waals surface area (Å²) < 4.78 is 44.6. The number of nitrogens with zero attached hydrogens (tertiary/aromatic N) is 4. The van der Waals surface area contributed by atoms with Gasteiger partial charge in [0.05, 0.1) is 80.1 Å². The minimum absolute atomic E-state index is 1.01. The molecule has 0 spiro atoms. The molecule has 16 heteroatoms. The molecule has 2 aromatic carbocycles. The lowest BCUT2D eigenvalue weighted by atomic mass is 10.2. The van der Waals surface area contributed by atoms with Gasteiger partial charge in [-0.15, -0.1) is 113 Å². The van der Waals surface area contributed by atoms with Gasteiger partial charge in [0.2, 0.25) is 0 Å². The number of benzene rings is 2. The van der Waals surface area contributed by atoms with E-state index >= 15 is 0 Å². The molecule has 0 aliphatic rings. The zero-order valence-corrected chi connectivity index (χ0v) is 45.5. The molecule has 0 fully saturated rings. The average Bonchev–Trinajstić information content (AvgIpc) is 4.11. The molecule has 0 N–H and O–H groups in total. The largest absolute Gasteiger partial charge is 0.451 e. The Hall–Kier alpha value is -4.72. The summed E-state index contributed by atoms with van der Waals surface area (Å²) in [6, 6.07) is 18.8. The summed E-state index contributed by atoms with van der Waals surface area (Å²) in [6.07, 6.45) is 0. The van der Waals surface area contributed by atoms with Gasteiger partial charge in [0.25, 0.3) is 0 Å². The molecular formula is C52H32N4O2S10. The lowest BCUT2D eigenvalue weighted by Gasteiger charge is -2.00. The van der Waals surface area contributed by atoms with Crippen molar-refractivity contribution in [3.05, 3.63) is 68.0 Å². The van der Waals surface area contributed by atoms with Gasteiger partial charge >= 0.3 is 0 Å². The summed E-state index contributed by atoms with van der Waals surface area (Å²) in [7, 11) is 8.83. The van der Waals surface area contributed by atoms with Gasteiger partial charge in [0.1, 0.15) is 11.0 Å². The van der Waals surface area contributed by atoms with Crippen molar-refractivity contribution in [1.29, 1.82) is 0 Å². The van der Waals surface area contributed by atoms with Crippen molar-refractivity contribution >= 4 is 277 Å². The number of aryl methyl sites for hydroxylation is 8. The standard InChI is InChI=1S/C26H16N2O2S4.C26H16N2S6/c1-9-5-13-23(31-9)21-17(27(13)3)25-19(29-21)11-7-16-12(8-15(11)33-25)20-26(34-16)18-22(30-20)24-14(28(18)4)6-10(2)32-24;1-9-5-15-21(29-9)19-25(33-15)23-17(27(19)3)11-7-14-12(8-13(11)31-23)18-24(32-14)26-20(28(18)4)22-16(34-26)6-10(2)30-22/h2*5-8H,1-4H3. The highest BCUT2D eigenvalue weighted by molar-refractivity contribution is 7.38. The first-order valence-electron chi connectivity index (χ1n) is 22.1. The third-order valence-corrected chi connectivity index (χ3v) is 25.9. The van der Waals surface area contributed by atoms with Gasteiger partial charge in [-0.05, 0) is 76.2 Å². The molecule has 0 saturated carbocycles. The van der Waals surface area contributed by atoms with Crippen molar-refractivity contribution < 1.29 is 8.83 Å². The van der Waals surface area contributed by atoms with Gasteiger partial charge in [-0.2, -0.15) is 0 Å². The number of aromatic nitrogens is 4. The maximum atomic E-state index is 6.57. The fraction of sp³-hybridized carbons (Fsp3) is 0.154. The minimum Gasteiger partial charge on any atom is -0.451 e. The van der Waals surface area contributed by atoms with Gasteiger partial charge in [0, 0.05) is 97.4 Å². The molecule has 332 valence electrons. The third kappa shape index (κ3) is 4.63. The maximum Gasteiger partial charge on any atom is 0.172 e. The third-order valence-electron chi connectivity index (χ3n) is 14.3. The highest BCUT2D eigenvalue weighted by atomic mass is 32.1. The molecule has 0 unspecified atom stereocenters. The van der Waals surface area contributed by atoms with Gasteiger partial charge in [-0.3, -0.25) is 0 Å². The number of rotatable bonds is 0. The smallest absolute Gasteiger partial charge is 0.172 e. The van der Waals surface area contributed by atoms with Crippen LogP contribution in [0.15, 0.2) is 57.4 Å². The van der Waals surface area contributed by atoms with E-state index in [4.69, 9.17) is 8.83 Å². The van der Waals surface area contributed by atoms with E-state index < -0.39 is 0 Å². The molecule has 6 nitrogen and oxygen atoms in total. The van der Waals surface area contributed by atoms with Crippen LogP contribution in [0.4, 0.5) is 0 Å². The van der Waals surface area contributed by atoms with Crippen LogP contribution < -0.4 is 0 Å². The highest BCUT2D eigenvalue weighted by Gasteiger charge is 2.27. The fourth-order valence-electron chi connectivity index (χ4n) is 11.4. The summed E-state index contributed by atoms with van der Waals surface area (Å²) in [5.74, 6) is 0. The van der Waals surface area contributed by atoms with Gasteiger partial charge in [-0.25, -0.2) is 0 Å². The number of hydrogen-bond acceptors (Lipinski definition) is 12. The van der Waals surface area contributed by atoms with E-state index in [1.807, 2.05) is 113 Å². The van der Waals surface area contributed by atoms with Crippen LogP contribution in [-0.4, -0.2) is 18.3 Å². The molecule has 0 atom stereocenters. The topological polar surface area (TPSA) is 46.0 Å². The molecule has 16 aromatic heterocycles. The van der Waals surface area contributed by atoms with Gasteiger partial charge in [-0.1, -0.05) is 0 Å². The first kappa shape index (κ1) is 39.1. The summed E-state index contributed by atoms with van der Waals surface area (Å²) in [5.41, 5.74) is 14.7. The number of thiophene rings is 10. The molecular weight excluding hydrogens is 1030 g/mol. The summed E-state index contributed by atoms with van der Waals surface area (Å²) in [6.45, 7) is 8.76. The first-order valence-corrected chi connectivity index (χ1v) is 30.3. The molecule has 0 saturated heterocycles. The van der Waals surface area contributed by atoms with E-state index in [-0.39, 0.29) is 0 Å². The van der Waals surface area contributed by atoms with Crippen LogP contribution in [0.5, 0.6) is 0 Å². The lowest BCUT2D eigenvalue weighted by molar-refractivity contribution is 0.676. The van der Waals surface area contributed by atoms with E-state index in [1.54, 1.807) is 0 Å². The Balaban J connectivity index is 0.000000115. The zero-order valence-electron chi connectivity index (χ0n) is 37.3. The normalized spacial score (nSPS) is 13.3. The predicted octanol–water partition coefficient (Wildman–Crippen LogP) is 20.2. The second-order valence-corrected chi connectivity index (χ2v) is 29.7. The van der Waals surface area contributed by atoms with E-state index in [0.29, 0.717) is 0 Å². The monoisotopic (exact) mass is 1060 g/mol. The molecule has 0 aliphatic heterocycles. The fourth-order valence-corrected chi connectivity index (χ4v) is 23.9. The van der Waals surface area contributed by atoms with Crippen molar-refractivity contribution in [2.24, 2.45) is 28.2 Å². The second kappa shape index (κ2) is 12.8. The number of hydrogen-bond donors (Lipinski definition) is 0. The Labute approximate surface area is 423 Å². The maximum absolute atomic E-state index is 6.57. The van der Waals surface area contributed by atoms with Crippen LogP contribution >= 0.6 is 113 Å². The average molecular weight is 1070 g/mol. The second-order valence-electron chi connectivity index (χ2n) is 18.4. The molecule has 18 rings (SSSR count). The highest BCUT2D eigenvalue weighted by Crippen LogP contribution is 2.54. The zero-order chi connectivity index (χ0) is 45.2. The van der Waals surface area contributed by atoms with Crippen molar-refractivity contribution in [3.63, 3.8) is 0 Å². The summed E-state index contributed by atoms with van der Waals surface area (Å²) in [4.78, 5) is 5.44. The lowest BCUT2D eigenvalue weighted by Crippen LogP contribution is -1.86. The Bertz CT molecular complexity index is 4990. The minimum atomic E-state index is 1.01. The van der Waals surface area contributed by atoms with Gasteiger partial charge < -0.3 is 27.1 Å². The van der Waals surface area contributed by atoms with Crippen molar-refractivity contribution in [2.45, 2.75) is 27.7 Å². The van der Waals surface area contributed by atoms with E-state index in [9.17, 15) is 0 Å². The Morgan fingerprint density at radius 3 is 1.06 bits per heavy atom. The van der Waals surface area contributed by atoms with Crippen LogP contribution in [-0.2, 0) is 28.2 Å². The molecule has 0 aliphatic carbocycles. The first-order chi connectivity index (χ1) is 32.9. The molecule has 0 radical (unpaired) electrons. The summed E-state index contributed by atoms with van der Waals surface area (Å²) in [5, 5.41) is 5.22. The van der Waals surface area contributed by atoms with Crippen LogP contribution in [0.1, 0.15) is 19.5 Å². The van der Waals surface area contributed by atoms with Crippen molar-refractivity contribution in [3.8, 4) is 0 Å². The Kier molecular flexibility index (Phi) is 7.34. The van der Waals surface area contributed by atoms with Crippen LogP contribution in [0.25, 0.3) is 163 Å². The molecule has 16 heterocycles. The number of furan rings is 2. The molecule has 0 amide bonds. The van der Waals surface area contributed by atoms with Crippen LogP contribution in [0.3, 0.4) is 0 Å². The van der Waals surface area contributed by atoms with E-state index in [0.717, 1.165) is 22.3 Å². The van der Waals surface area contributed by atoms with Crippen LogP contribution in [0.2, 0.25) is 0 Å². The molecule has 18 aromatic rings. The van der Waals surface area contributed by atoms with E-state index in [2.05, 4.69) is 123 Å². The number of fused-ring (bicyclic) bond motifs is 28. The van der Waals surface area contributed by atoms with Gasteiger partial charge in [0.15, 0.2) is 22.3 Å². The quantitative estimate of drug-likeness (QED) is 0.152. The predicted molar refractivity (Wildman–Crippen MR) is 311 cm³/mol. The van der Waals surface area contributed by atoms with Crippen molar-refractivity contribution in [2.75, 3.05) is 0 Å². The molecule has 68 heavy (non-hydrogen) atoms. The summed E-state index contributed by atoms with van der Waals surface area (Å²) >= 11 is 19.1. The Morgan fingerprint density at radius 1 is 0.279 bits per heavy atom. The van der Waals surface area contributed by atoms with E-state index in [1.165, 1.54) is 160 Å². The SMILES string of the molecule is Cc1cc2c(s1)c1oc3c4cc5sc6c(oc7c8sc(C)cc8n(C)c76)c5cc4sc3c1n2C.Cc1cc2sc3c4sc5cc6c(cc5c4n(C)c3c2s1)sc1c2sc3cc(C)sc3c2n(C)c61. The molecule has 0 bridgehead atoms. The Morgan fingerprint density at radius 2 is 0.618 bits per heavy atom.